The molecule has 5 heterocycles. The van der Waals surface area contributed by atoms with E-state index in [9.17, 15) is 4.39 Å². The van der Waals surface area contributed by atoms with Gasteiger partial charge in [0.1, 0.15) is 24.4 Å². The van der Waals surface area contributed by atoms with Gasteiger partial charge in [0.05, 0.1) is 28.5 Å². The molecule has 1 aliphatic rings. The highest BCUT2D eigenvalue weighted by molar-refractivity contribution is 5.58. The van der Waals surface area contributed by atoms with Gasteiger partial charge >= 0.3 is 0 Å². The average molecular weight is 520 g/mol. The molecule has 0 aliphatic carbocycles. The van der Waals surface area contributed by atoms with Crippen molar-refractivity contribution in [2.24, 2.45) is 0 Å². The minimum absolute atomic E-state index is 0.0295. The lowest BCUT2D eigenvalue weighted by molar-refractivity contribution is 0.146. The van der Waals surface area contributed by atoms with E-state index in [4.69, 9.17) is 24.5 Å². The van der Waals surface area contributed by atoms with Gasteiger partial charge in [-0.15, -0.1) is 5.10 Å². The van der Waals surface area contributed by atoms with Gasteiger partial charge in [0.2, 0.25) is 11.8 Å². The summed E-state index contributed by atoms with van der Waals surface area (Å²) in [6, 6.07) is 2.63. The molecule has 0 bridgehead atoms. The third-order valence-corrected chi connectivity index (χ3v) is 5.83. The minimum atomic E-state index is -3.36. The average Bonchev–Trinajstić information content (AvgIpc) is 3.61. The Morgan fingerprint density at radius 1 is 1.22 bits per heavy atom. The molecule has 37 heavy (non-hydrogen) atoms. The maximum Gasteiger partial charge on any atom is 0.266 e. The number of nitrogens with two attached hydrogens (primary N) is 1. The number of oxazole rings is 1. The van der Waals surface area contributed by atoms with Crippen LogP contribution in [0, 0.1) is 5.82 Å². The molecule has 0 radical (unpaired) electrons. The Morgan fingerprint density at radius 2 is 2.08 bits per heavy atom. The minimum Gasteiger partial charge on any atom is -0.489 e. The topological polar surface area (TPSA) is 136 Å². The van der Waals surface area contributed by atoms with Gasteiger partial charge in [0.15, 0.2) is 17.3 Å². The van der Waals surface area contributed by atoms with E-state index in [0.29, 0.717) is 56.6 Å². The number of nitrogen functional groups attached to an aromatic ring is 1. The fourth-order valence-electron chi connectivity index (χ4n) is 3.91. The van der Waals surface area contributed by atoms with Gasteiger partial charge in [-0.2, -0.15) is 9.50 Å². The smallest absolute Gasteiger partial charge is 0.266 e. The normalized spacial score (nSPS) is 18.3. The SMILES string of the molecule is [2H]C([2H])([2H])OC([2H])([2H])C([2H])([2H])Oc1cnc(N2CCN(CCN(C)c3cc4nc(-c5ncco5)nn4c(N)n3)CC2)c(F)c1. The molecule has 0 saturated carbocycles. The van der Waals surface area contributed by atoms with E-state index < -0.39 is 31.7 Å². The van der Waals surface area contributed by atoms with Gasteiger partial charge in [-0.3, -0.25) is 4.90 Å². The molecule has 4 aromatic heterocycles. The van der Waals surface area contributed by atoms with Crippen LogP contribution in [-0.2, 0) is 4.74 Å². The van der Waals surface area contributed by atoms with Crippen molar-refractivity contribution in [1.82, 2.24) is 34.4 Å². The van der Waals surface area contributed by atoms with Crippen molar-refractivity contribution in [3.8, 4) is 17.5 Å². The molecule has 5 rings (SSSR count). The Bertz CT molecular complexity index is 1600. The summed E-state index contributed by atoms with van der Waals surface area (Å²) in [6.07, 6.45) is 3.97. The Hall–Kier alpha value is -4.04. The number of ether oxygens (including phenoxy) is 2. The standard InChI is InChI=1S/C23H29FN10O3/c1-31(18-14-19-28-20(22-26-3-10-37-22)30-34(19)23(25)29-18)4-5-32-6-8-33(9-7-32)21-17(24)13-16(15-27-21)36-12-11-35-2/h3,10,13-15H,4-9,11-12H2,1-2H3,(H2,25,29)/i2D3,11D2,12D2. The molecule has 0 atom stereocenters. The summed E-state index contributed by atoms with van der Waals surface area (Å²) in [4.78, 5) is 22.8. The number of rotatable bonds is 10. The highest BCUT2D eigenvalue weighted by Gasteiger charge is 2.22. The van der Waals surface area contributed by atoms with Gasteiger partial charge in [-0.1, -0.05) is 0 Å². The number of piperazine rings is 1. The fourth-order valence-corrected chi connectivity index (χ4v) is 3.91. The number of aromatic nitrogens is 6. The quantitative estimate of drug-likeness (QED) is 0.322. The van der Waals surface area contributed by atoms with Crippen molar-refractivity contribution in [2.75, 3.05) is 82.0 Å². The summed E-state index contributed by atoms with van der Waals surface area (Å²) in [5.74, 6) is 0.127. The van der Waals surface area contributed by atoms with Gasteiger partial charge < -0.3 is 29.4 Å². The second-order valence-electron chi connectivity index (χ2n) is 8.15. The van der Waals surface area contributed by atoms with E-state index in [0.717, 1.165) is 12.3 Å². The van der Waals surface area contributed by atoms with Crippen LogP contribution in [0.15, 0.2) is 35.2 Å². The number of hydrogen-bond donors (Lipinski definition) is 1. The van der Waals surface area contributed by atoms with Crippen LogP contribution in [0.25, 0.3) is 17.4 Å². The molecule has 0 aromatic carbocycles. The van der Waals surface area contributed by atoms with Crippen LogP contribution < -0.4 is 20.3 Å². The number of anilines is 3. The first-order valence-electron chi connectivity index (χ1n) is 14.8. The largest absolute Gasteiger partial charge is 0.489 e. The van der Waals surface area contributed by atoms with E-state index in [-0.39, 0.29) is 17.7 Å². The number of likely N-dealkylation sites (N-methyl/N-ethyl adjacent to an activating group) is 1. The van der Waals surface area contributed by atoms with Crippen LogP contribution in [0.3, 0.4) is 0 Å². The molecule has 1 saturated heterocycles. The predicted molar refractivity (Wildman–Crippen MR) is 134 cm³/mol. The lowest BCUT2D eigenvalue weighted by Gasteiger charge is -2.36. The van der Waals surface area contributed by atoms with Crippen LogP contribution >= 0.6 is 0 Å². The van der Waals surface area contributed by atoms with Gasteiger partial charge in [0.25, 0.3) is 5.89 Å². The highest BCUT2D eigenvalue weighted by Crippen LogP contribution is 2.23. The van der Waals surface area contributed by atoms with Crippen molar-refractivity contribution in [3.05, 3.63) is 36.6 Å². The van der Waals surface area contributed by atoms with Gasteiger partial charge in [0, 0.05) is 65.5 Å². The highest BCUT2D eigenvalue weighted by atomic mass is 19.1. The Kier molecular flexibility index (Phi) is 5.14. The molecular weight excluding hydrogens is 483 g/mol. The molecule has 1 aliphatic heterocycles. The fraction of sp³-hybridized carbons (Fsp3) is 0.435. The molecule has 4 aromatic rings. The van der Waals surface area contributed by atoms with Crippen molar-refractivity contribution in [2.45, 2.75) is 0 Å². The summed E-state index contributed by atoms with van der Waals surface area (Å²) in [5.41, 5.74) is 6.61. The number of fused-ring (bicyclic) bond motifs is 1. The Labute approximate surface area is 222 Å². The first kappa shape index (κ1) is 17.4. The summed E-state index contributed by atoms with van der Waals surface area (Å²) < 4.78 is 82.6. The lowest BCUT2D eigenvalue weighted by Crippen LogP contribution is -2.48. The molecule has 0 unspecified atom stereocenters. The zero-order valence-corrected chi connectivity index (χ0v) is 19.8. The van der Waals surface area contributed by atoms with E-state index in [1.54, 1.807) is 11.0 Å². The van der Waals surface area contributed by atoms with Crippen LogP contribution in [-0.4, -0.2) is 101 Å². The first-order valence-corrected chi connectivity index (χ1v) is 11.3. The van der Waals surface area contributed by atoms with E-state index in [1.165, 1.54) is 17.0 Å². The van der Waals surface area contributed by atoms with E-state index in [2.05, 4.69) is 34.7 Å². The van der Waals surface area contributed by atoms with Crippen molar-refractivity contribution >= 4 is 23.2 Å². The van der Waals surface area contributed by atoms with Crippen LogP contribution in [0.1, 0.15) is 9.60 Å². The number of halogens is 1. The Balaban J connectivity index is 1.15. The first-order chi connectivity index (χ1) is 20.6. The van der Waals surface area contributed by atoms with Crippen LogP contribution in [0.4, 0.5) is 22.0 Å². The summed E-state index contributed by atoms with van der Waals surface area (Å²) in [6.45, 7) is -3.16. The third-order valence-electron chi connectivity index (χ3n) is 5.83. The summed E-state index contributed by atoms with van der Waals surface area (Å²) in [5, 5.41) is 4.29. The third kappa shape index (κ3) is 5.54. The van der Waals surface area contributed by atoms with Crippen molar-refractivity contribution in [3.63, 3.8) is 0 Å². The molecule has 196 valence electrons. The second kappa shape index (κ2) is 10.9. The maximum atomic E-state index is 15.0. The maximum absolute atomic E-state index is 15.0. The molecule has 14 heteroatoms. The molecule has 1 fully saturated rings. The molecule has 2 N–H and O–H groups in total. The predicted octanol–water partition coefficient (Wildman–Crippen LogP) is 1.18. The number of methoxy groups -OCH3 is 1. The summed E-state index contributed by atoms with van der Waals surface area (Å²) >= 11 is 0. The Morgan fingerprint density at radius 3 is 2.84 bits per heavy atom. The van der Waals surface area contributed by atoms with Crippen molar-refractivity contribution < 1.29 is 27.9 Å². The lowest BCUT2D eigenvalue weighted by atomic mass is 10.3. The van der Waals surface area contributed by atoms with Gasteiger partial charge in [-0.25, -0.2) is 19.3 Å². The summed E-state index contributed by atoms with van der Waals surface area (Å²) in [7, 11) is -1.34. The zero-order chi connectivity index (χ0) is 31.9. The molecular formula is C23H29FN10O3. The zero-order valence-electron chi connectivity index (χ0n) is 26.8. The molecule has 13 nitrogen and oxygen atoms in total. The number of hydrogen-bond acceptors (Lipinski definition) is 12. The van der Waals surface area contributed by atoms with E-state index >= 15 is 0 Å². The number of nitrogens with zero attached hydrogens (tertiary/aromatic N) is 9. The monoisotopic (exact) mass is 519 g/mol. The van der Waals surface area contributed by atoms with Crippen LogP contribution in [0.5, 0.6) is 5.75 Å². The molecule has 0 amide bonds. The van der Waals surface area contributed by atoms with Gasteiger partial charge in [-0.05, 0) is 0 Å². The second-order valence-corrected chi connectivity index (χ2v) is 8.15. The number of pyridine rings is 1. The van der Waals surface area contributed by atoms with E-state index in [1.807, 2.05) is 11.9 Å². The van der Waals surface area contributed by atoms with Crippen LogP contribution in [0.2, 0.25) is 0 Å². The van der Waals surface area contributed by atoms with Crippen molar-refractivity contribution in [1.29, 1.82) is 0 Å². The molecule has 0 spiro atoms.